The van der Waals surface area contributed by atoms with E-state index < -0.39 is 34.4 Å². The van der Waals surface area contributed by atoms with Gasteiger partial charge in [0.15, 0.2) is 0 Å². The molecule has 104 valence electrons. The van der Waals surface area contributed by atoms with Gasteiger partial charge in [0.05, 0.1) is 12.0 Å². The van der Waals surface area contributed by atoms with E-state index in [0.29, 0.717) is 6.07 Å². The summed E-state index contributed by atoms with van der Waals surface area (Å²) in [7, 11) is 0.915. The first-order valence-electron chi connectivity index (χ1n) is 4.34. The van der Waals surface area contributed by atoms with Crippen LogP contribution in [0.3, 0.4) is 0 Å². The second-order valence-electron chi connectivity index (χ2n) is 2.94. The number of methoxy groups -OCH3 is 1. The molecule has 7 nitrogen and oxygen atoms in total. The highest BCUT2D eigenvalue weighted by Gasteiger charge is 2.38. The highest BCUT2D eigenvalue weighted by Crippen LogP contribution is 2.35. The van der Waals surface area contributed by atoms with Gasteiger partial charge in [0, 0.05) is 6.07 Å². The molecule has 0 bridgehead atoms. The summed E-state index contributed by atoms with van der Waals surface area (Å²) >= 11 is 1.48. The van der Waals surface area contributed by atoms with Gasteiger partial charge in [-0.1, -0.05) is 0 Å². The Hall–Kier alpha value is -1.66. The number of carbonyl (C=O) groups is 1. The van der Waals surface area contributed by atoms with Gasteiger partial charge in [-0.25, -0.2) is 9.78 Å². The lowest BCUT2D eigenvalue weighted by molar-refractivity contribution is -0.389. The molecule has 0 fully saturated rings. The van der Waals surface area contributed by atoms with Crippen LogP contribution in [0.2, 0.25) is 0 Å². The number of aromatic nitrogens is 1. The van der Waals surface area contributed by atoms with Crippen molar-refractivity contribution in [3.63, 3.8) is 0 Å². The molecule has 1 rings (SSSR count). The fourth-order valence-corrected chi connectivity index (χ4v) is 1.63. The Balaban J connectivity index is 3.49. The second-order valence-corrected chi connectivity index (χ2v) is 4.04. The molecule has 0 spiro atoms. The van der Waals surface area contributed by atoms with E-state index >= 15 is 0 Å². The molecular formula is C8H4F3IN2O5. The molecule has 1 aromatic rings. The van der Waals surface area contributed by atoms with Crippen LogP contribution in [-0.4, -0.2) is 29.3 Å². The highest BCUT2D eigenvalue weighted by atomic mass is 127. The Morgan fingerprint density at radius 1 is 1.53 bits per heavy atom. The van der Waals surface area contributed by atoms with Crippen molar-refractivity contribution in [1.29, 1.82) is 0 Å². The van der Waals surface area contributed by atoms with E-state index in [0.717, 1.165) is 7.11 Å². The molecule has 1 heterocycles. The Morgan fingerprint density at radius 3 is 2.53 bits per heavy atom. The number of hydrogen-bond donors (Lipinski definition) is 0. The standard InChI is InChI=1S/C8H4F3IN2O5/c1-18-7(15)5-6(14(16)17)3(2-4(12)13-5)19-8(9,10)11/h2H,1H3. The number of carbonyl (C=O) groups excluding carboxylic acids is 1. The minimum Gasteiger partial charge on any atom is -0.464 e. The topological polar surface area (TPSA) is 91.6 Å². The smallest absolute Gasteiger partial charge is 0.464 e. The third-order valence-electron chi connectivity index (χ3n) is 1.71. The van der Waals surface area contributed by atoms with Gasteiger partial charge < -0.3 is 9.47 Å². The molecule has 11 heteroatoms. The number of rotatable bonds is 3. The van der Waals surface area contributed by atoms with Crippen molar-refractivity contribution >= 4 is 34.2 Å². The van der Waals surface area contributed by atoms with Crippen molar-refractivity contribution < 1.29 is 32.4 Å². The third-order valence-corrected chi connectivity index (χ3v) is 2.27. The zero-order chi connectivity index (χ0) is 14.8. The summed E-state index contributed by atoms with van der Waals surface area (Å²) in [4.78, 5) is 24.3. The van der Waals surface area contributed by atoms with E-state index in [9.17, 15) is 28.1 Å². The molecule has 0 unspecified atom stereocenters. The summed E-state index contributed by atoms with van der Waals surface area (Å²) in [5.41, 5.74) is -2.07. The molecule has 0 saturated carbocycles. The van der Waals surface area contributed by atoms with Gasteiger partial charge in [0.25, 0.3) is 0 Å². The molecule has 0 aliphatic heterocycles. The van der Waals surface area contributed by atoms with Gasteiger partial charge in [0.2, 0.25) is 11.4 Å². The van der Waals surface area contributed by atoms with Gasteiger partial charge in [-0.3, -0.25) is 10.1 Å². The van der Waals surface area contributed by atoms with Crippen LogP contribution in [0.4, 0.5) is 18.9 Å². The summed E-state index contributed by atoms with van der Waals surface area (Å²) in [6.07, 6.45) is -5.14. The van der Waals surface area contributed by atoms with Crippen LogP contribution >= 0.6 is 22.6 Å². The fraction of sp³-hybridized carbons (Fsp3) is 0.250. The number of nitro groups is 1. The van der Waals surface area contributed by atoms with E-state index in [1.807, 2.05) is 0 Å². The van der Waals surface area contributed by atoms with Gasteiger partial charge in [-0.05, 0) is 22.6 Å². The Labute approximate surface area is 117 Å². The molecule has 0 aromatic carbocycles. The van der Waals surface area contributed by atoms with Gasteiger partial charge in [-0.15, -0.1) is 13.2 Å². The summed E-state index contributed by atoms with van der Waals surface area (Å²) in [6, 6.07) is 0.693. The largest absolute Gasteiger partial charge is 0.573 e. The zero-order valence-corrected chi connectivity index (χ0v) is 11.2. The van der Waals surface area contributed by atoms with Crippen LogP contribution in [-0.2, 0) is 4.74 Å². The minimum atomic E-state index is -5.14. The van der Waals surface area contributed by atoms with E-state index in [1.165, 1.54) is 22.6 Å². The summed E-state index contributed by atoms with van der Waals surface area (Å²) < 4.78 is 44.1. The van der Waals surface area contributed by atoms with Crippen LogP contribution in [0.25, 0.3) is 0 Å². The number of alkyl halides is 3. The van der Waals surface area contributed by atoms with Gasteiger partial charge >= 0.3 is 18.0 Å². The molecule has 19 heavy (non-hydrogen) atoms. The first kappa shape index (κ1) is 15.4. The van der Waals surface area contributed by atoms with Crippen molar-refractivity contribution in [1.82, 2.24) is 4.98 Å². The number of nitrogens with zero attached hydrogens (tertiary/aromatic N) is 2. The first-order chi connectivity index (χ1) is 8.65. The summed E-state index contributed by atoms with van der Waals surface area (Å²) in [6.45, 7) is 0. The van der Waals surface area contributed by atoms with Crippen LogP contribution in [0.1, 0.15) is 10.5 Å². The Kier molecular flexibility index (Phi) is 4.49. The summed E-state index contributed by atoms with van der Waals surface area (Å²) in [5.74, 6) is -2.37. The molecular weight excluding hydrogens is 388 g/mol. The predicted octanol–water partition coefficient (Wildman–Crippen LogP) is 2.28. The lowest BCUT2D eigenvalue weighted by Crippen LogP contribution is -2.20. The van der Waals surface area contributed by atoms with E-state index in [2.05, 4.69) is 14.5 Å². The molecule has 0 N–H and O–H groups in total. The molecule has 0 amide bonds. The van der Waals surface area contributed by atoms with Gasteiger partial charge in [-0.2, -0.15) is 0 Å². The molecule has 0 aliphatic carbocycles. The Morgan fingerprint density at radius 2 is 2.11 bits per heavy atom. The van der Waals surface area contributed by atoms with Crippen LogP contribution in [0.15, 0.2) is 6.07 Å². The highest BCUT2D eigenvalue weighted by molar-refractivity contribution is 14.1. The SMILES string of the molecule is COC(=O)c1nc(I)cc(OC(F)(F)F)c1[N+](=O)[O-]. The van der Waals surface area contributed by atoms with Crippen LogP contribution in [0.5, 0.6) is 5.75 Å². The quantitative estimate of drug-likeness (QED) is 0.258. The minimum absolute atomic E-state index is 0.0946. The normalized spacial score (nSPS) is 11.0. The average Bonchev–Trinajstić information content (AvgIpc) is 2.24. The van der Waals surface area contributed by atoms with Crippen molar-refractivity contribution in [3.05, 3.63) is 25.6 Å². The molecule has 0 atom stereocenters. The van der Waals surface area contributed by atoms with Crippen LogP contribution in [0, 0.1) is 13.8 Å². The van der Waals surface area contributed by atoms with E-state index in [-0.39, 0.29) is 3.70 Å². The monoisotopic (exact) mass is 392 g/mol. The van der Waals surface area contributed by atoms with Crippen LogP contribution < -0.4 is 4.74 Å². The molecule has 0 radical (unpaired) electrons. The van der Waals surface area contributed by atoms with Gasteiger partial charge in [0.1, 0.15) is 3.70 Å². The Bertz CT molecular complexity index is 534. The number of ether oxygens (including phenoxy) is 2. The van der Waals surface area contributed by atoms with Crippen molar-refractivity contribution in [2.24, 2.45) is 0 Å². The number of halogens is 4. The maximum Gasteiger partial charge on any atom is 0.573 e. The molecule has 0 saturated heterocycles. The maximum atomic E-state index is 12.1. The third kappa shape index (κ3) is 3.90. The zero-order valence-electron chi connectivity index (χ0n) is 9.02. The first-order valence-corrected chi connectivity index (χ1v) is 5.42. The number of esters is 1. The number of hydrogen-bond acceptors (Lipinski definition) is 6. The van der Waals surface area contributed by atoms with Crippen molar-refractivity contribution in [2.75, 3.05) is 7.11 Å². The van der Waals surface area contributed by atoms with E-state index in [4.69, 9.17) is 0 Å². The lowest BCUT2D eigenvalue weighted by Gasteiger charge is -2.10. The summed E-state index contributed by atoms with van der Waals surface area (Å²) in [5, 5.41) is 10.8. The van der Waals surface area contributed by atoms with E-state index in [1.54, 1.807) is 0 Å². The predicted molar refractivity (Wildman–Crippen MR) is 61.6 cm³/mol. The molecule has 0 aliphatic rings. The van der Waals surface area contributed by atoms with Crippen molar-refractivity contribution in [2.45, 2.75) is 6.36 Å². The molecule has 1 aromatic heterocycles. The maximum absolute atomic E-state index is 12.1. The lowest BCUT2D eigenvalue weighted by atomic mass is 10.3. The second kappa shape index (κ2) is 5.54. The average molecular weight is 392 g/mol. The van der Waals surface area contributed by atoms with Crippen molar-refractivity contribution in [3.8, 4) is 5.75 Å². The fourth-order valence-electron chi connectivity index (χ4n) is 1.10. The number of pyridine rings is 1.